The van der Waals surface area contributed by atoms with Crippen molar-refractivity contribution >= 4 is 5.91 Å². The molecular weight excluding hydrogens is 318 g/mol. The van der Waals surface area contributed by atoms with E-state index in [2.05, 4.69) is 33.9 Å². The van der Waals surface area contributed by atoms with Crippen LogP contribution in [0.1, 0.15) is 70.1 Å². The molecule has 0 spiro atoms. The number of hydrogen-bond donors (Lipinski definition) is 1. The van der Waals surface area contributed by atoms with E-state index in [1.54, 1.807) is 0 Å². The van der Waals surface area contributed by atoms with Gasteiger partial charge in [0.25, 0.3) is 0 Å². The molecule has 1 amide bonds. The maximum atomic E-state index is 13.0. The quantitative estimate of drug-likeness (QED) is 0.901. The molecule has 2 aliphatic rings. The molecule has 25 heavy (non-hydrogen) atoms. The minimum Gasteiger partial charge on any atom is -0.367 e. The van der Waals surface area contributed by atoms with E-state index in [1.165, 1.54) is 25.7 Å². The van der Waals surface area contributed by atoms with Crippen molar-refractivity contribution in [1.29, 1.82) is 0 Å². The highest BCUT2D eigenvalue weighted by Gasteiger charge is 2.32. The molecule has 7 heteroatoms. The van der Waals surface area contributed by atoms with Crippen LogP contribution in [0.25, 0.3) is 0 Å². The van der Waals surface area contributed by atoms with Gasteiger partial charge >= 0.3 is 0 Å². The van der Waals surface area contributed by atoms with Crippen LogP contribution in [-0.4, -0.2) is 69.7 Å². The fraction of sp³-hybridized carbons (Fsp3) is 0.833. The molecule has 2 saturated heterocycles. The van der Waals surface area contributed by atoms with Gasteiger partial charge in [-0.25, -0.2) is 4.98 Å². The normalized spacial score (nSPS) is 24.3. The smallest absolute Gasteiger partial charge is 0.239 e. The first-order valence-electron chi connectivity index (χ1n) is 9.63. The molecule has 0 bridgehead atoms. The second kappa shape index (κ2) is 8.27. The van der Waals surface area contributed by atoms with Gasteiger partial charge in [0.05, 0.1) is 19.2 Å². The Morgan fingerprint density at radius 3 is 2.52 bits per heavy atom. The van der Waals surface area contributed by atoms with Crippen molar-refractivity contribution in [3.05, 3.63) is 11.6 Å². The third-order valence-electron chi connectivity index (χ3n) is 5.27. The predicted octanol–water partition coefficient (Wildman–Crippen LogP) is 2.09. The van der Waals surface area contributed by atoms with E-state index in [1.807, 2.05) is 11.8 Å². The lowest BCUT2D eigenvalue weighted by Crippen LogP contribution is -2.51. The van der Waals surface area contributed by atoms with Gasteiger partial charge in [-0.15, -0.1) is 0 Å². The number of carbonyl (C=O) groups excluding carboxylic acids is 1. The summed E-state index contributed by atoms with van der Waals surface area (Å²) in [6.07, 6.45) is 4.73. The predicted molar refractivity (Wildman–Crippen MR) is 95.2 cm³/mol. The van der Waals surface area contributed by atoms with E-state index in [-0.39, 0.29) is 24.0 Å². The average Bonchev–Trinajstić information content (AvgIpc) is 2.97. The molecule has 1 aromatic rings. The molecule has 0 aromatic carbocycles. The Labute approximate surface area is 150 Å². The molecule has 2 aliphatic heterocycles. The van der Waals surface area contributed by atoms with Crippen LogP contribution < -0.4 is 0 Å². The molecule has 7 nitrogen and oxygen atoms in total. The Bertz CT molecular complexity index is 566. The van der Waals surface area contributed by atoms with Crippen molar-refractivity contribution in [1.82, 2.24) is 25.0 Å². The van der Waals surface area contributed by atoms with Gasteiger partial charge in [-0.3, -0.25) is 14.8 Å². The highest BCUT2D eigenvalue weighted by molar-refractivity contribution is 5.81. The van der Waals surface area contributed by atoms with Gasteiger partial charge < -0.3 is 9.64 Å². The van der Waals surface area contributed by atoms with Gasteiger partial charge in [0, 0.05) is 12.5 Å². The summed E-state index contributed by atoms with van der Waals surface area (Å²) in [7, 11) is 0. The Morgan fingerprint density at radius 1 is 1.16 bits per heavy atom. The summed E-state index contributed by atoms with van der Waals surface area (Å²) in [6, 6.07) is -0.0576. The number of nitrogens with one attached hydrogen (secondary N) is 1. The van der Waals surface area contributed by atoms with Crippen LogP contribution in [0, 0.1) is 0 Å². The maximum Gasteiger partial charge on any atom is 0.239 e. The van der Waals surface area contributed by atoms with Gasteiger partial charge in [-0.05, 0) is 32.9 Å². The SMILES string of the molecule is CC(C)c1n[nH]c([C@@H]2CN(C(=O)[C@@H](C)N3CCCCCC3)CCO2)n1. The summed E-state index contributed by atoms with van der Waals surface area (Å²) in [4.78, 5) is 21.8. The van der Waals surface area contributed by atoms with E-state index < -0.39 is 0 Å². The topological polar surface area (TPSA) is 74.4 Å². The Balaban J connectivity index is 1.62. The standard InChI is InChI=1S/C18H31N5O2/c1-13(2)16-19-17(21-20-16)15-12-23(10-11-25-15)18(24)14(3)22-8-6-4-5-7-9-22/h13-15H,4-12H2,1-3H3,(H,19,20,21)/t14-,15+/m1/s1. The second-order valence-corrected chi connectivity index (χ2v) is 7.50. The molecule has 1 aromatic heterocycles. The Kier molecular flexibility index (Phi) is 6.06. The fourth-order valence-corrected chi connectivity index (χ4v) is 3.61. The van der Waals surface area contributed by atoms with E-state index in [9.17, 15) is 4.79 Å². The molecule has 3 rings (SSSR count). The summed E-state index contributed by atoms with van der Waals surface area (Å²) in [5.74, 6) is 2.00. The maximum absolute atomic E-state index is 13.0. The molecule has 1 N–H and O–H groups in total. The number of amides is 1. The number of carbonyl (C=O) groups is 1. The number of aromatic amines is 1. The molecule has 2 atom stereocenters. The van der Waals surface area contributed by atoms with Crippen LogP contribution in [0.2, 0.25) is 0 Å². The number of aromatic nitrogens is 3. The van der Waals surface area contributed by atoms with Crippen LogP contribution >= 0.6 is 0 Å². The average molecular weight is 349 g/mol. The number of morpholine rings is 1. The lowest BCUT2D eigenvalue weighted by Gasteiger charge is -2.36. The number of rotatable bonds is 4. The van der Waals surface area contributed by atoms with Crippen LogP contribution in [0.5, 0.6) is 0 Å². The molecule has 2 fully saturated rings. The van der Waals surface area contributed by atoms with Gasteiger partial charge in [0.2, 0.25) is 5.91 Å². The van der Waals surface area contributed by atoms with Crippen molar-refractivity contribution in [2.75, 3.05) is 32.8 Å². The van der Waals surface area contributed by atoms with E-state index in [0.29, 0.717) is 19.7 Å². The van der Waals surface area contributed by atoms with Gasteiger partial charge in [-0.1, -0.05) is 26.7 Å². The van der Waals surface area contributed by atoms with Crippen LogP contribution in [-0.2, 0) is 9.53 Å². The first kappa shape index (κ1) is 18.3. The zero-order valence-electron chi connectivity index (χ0n) is 15.7. The summed E-state index contributed by atoms with van der Waals surface area (Å²) in [6.45, 7) is 9.97. The fourth-order valence-electron chi connectivity index (χ4n) is 3.61. The molecule has 0 aliphatic carbocycles. The number of ether oxygens (including phenoxy) is 1. The molecular formula is C18H31N5O2. The zero-order chi connectivity index (χ0) is 17.8. The Morgan fingerprint density at radius 2 is 1.88 bits per heavy atom. The minimum absolute atomic E-state index is 0.0576. The van der Waals surface area contributed by atoms with Gasteiger partial charge in [0.1, 0.15) is 6.10 Å². The number of likely N-dealkylation sites (tertiary alicyclic amines) is 1. The van der Waals surface area contributed by atoms with Crippen LogP contribution in [0.15, 0.2) is 0 Å². The molecule has 0 radical (unpaired) electrons. The second-order valence-electron chi connectivity index (χ2n) is 7.50. The van der Waals surface area contributed by atoms with Crippen LogP contribution in [0.4, 0.5) is 0 Å². The summed E-state index contributed by atoms with van der Waals surface area (Å²) >= 11 is 0. The van der Waals surface area contributed by atoms with Crippen molar-refractivity contribution in [3.63, 3.8) is 0 Å². The number of nitrogens with zero attached hydrogens (tertiary/aromatic N) is 4. The lowest BCUT2D eigenvalue weighted by molar-refractivity contribution is -0.144. The zero-order valence-corrected chi connectivity index (χ0v) is 15.7. The summed E-state index contributed by atoms with van der Waals surface area (Å²) in [5.41, 5.74) is 0. The highest BCUT2D eigenvalue weighted by Crippen LogP contribution is 2.22. The van der Waals surface area contributed by atoms with Gasteiger partial charge in [-0.2, -0.15) is 5.10 Å². The molecule has 0 unspecified atom stereocenters. The van der Waals surface area contributed by atoms with Crippen molar-refractivity contribution < 1.29 is 9.53 Å². The van der Waals surface area contributed by atoms with E-state index in [4.69, 9.17) is 4.74 Å². The van der Waals surface area contributed by atoms with Crippen molar-refractivity contribution in [2.24, 2.45) is 0 Å². The highest BCUT2D eigenvalue weighted by atomic mass is 16.5. The van der Waals surface area contributed by atoms with Crippen molar-refractivity contribution in [2.45, 2.75) is 64.5 Å². The third-order valence-corrected chi connectivity index (χ3v) is 5.27. The molecule has 140 valence electrons. The third kappa shape index (κ3) is 4.39. The lowest BCUT2D eigenvalue weighted by atomic mass is 10.2. The first-order chi connectivity index (χ1) is 12.1. The first-order valence-corrected chi connectivity index (χ1v) is 9.63. The number of hydrogen-bond acceptors (Lipinski definition) is 5. The monoisotopic (exact) mass is 349 g/mol. The van der Waals surface area contributed by atoms with E-state index in [0.717, 1.165) is 24.7 Å². The minimum atomic E-state index is -0.214. The summed E-state index contributed by atoms with van der Waals surface area (Å²) < 4.78 is 5.84. The van der Waals surface area contributed by atoms with Gasteiger partial charge in [0.15, 0.2) is 11.6 Å². The van der Waals surface area contributed by atoms with E-state index >= 15 is 0 Å². The van der Waals surface area contributed by atoms with Crippen molar-refractivity contribution in [3.8, 4) is 0 Å². The van der Waals surface area contributed by atoms with Crippen LogP contribution in [0.3, 0.4) is 0 Å². The molecule has 0 saturated carbocycles. The Hall–Kier alpha value is -1.47. The summed E-state index contributed by atoms with van der Waals surface area (Å²) in [5, 5.41) is 7.23. The number of H-pyrrole nitrogens is 1. The molecule has 3 heterocycles. The largest absolute Gasteiger partial charge is 0.367 e.